The summed E-state index contributed by atoms with van der Waals surface area (Å²) < 4.78 is -1.37. The zero-order valence-corrected chi connectivity index (χ0v) is 10.5. The van der Waals surface area contributed by atoms with E-state index in [1.807, 2.05) is 0 Å². The van der Waals surface area contributed by atoms with Crippen molar-refractivity contribution in [1.29, 1.82) is 0 Å². The first-order valence-corrected chi connectivity index (χ1v) is 6.21. The smallest absolute Gasteiger partial charge is 0.351 e. The molecule has 2 unspecified atom stereocenters. The molecule has 0 spiro atoms. The molecule has 0 bridgehead atoms. The molecule has 2 aliphatic heterocycles. The lowest BCUT2D eigenvalue weighted by Crippen LogP contribution is -2.60. The fraction of sp³-hybridized carbons (Fsp3) is 0.308. The van der Waals surface area contributed by atoms with E-state index in [1.165, 1.54) is 6.07 Å². The van der Waals surface area contributed by atoms with E-state index in [2.05, 4.69) is 5.32 Å². The van der Waals surface area contributed by atoms with E-state index in [9.17, 15) is 24.7 Å². The first kappa shape index (κ1) is 12.8. The number of nitrogens with one attached hydrogen (secondary N) is 1. The number of phenols is 1. The molecule has 2 heterocycles. The molecule has 2 atom stereocenters. The predicted molar refractivity (Wildman–Crippen MR) is 65.9 cm³/mol. The molecule has 0 radical (unpaired) electrons. The van der Waals surface area contributed by atoms with Crippen molar-refractivity contribution in [2.45, 2.75) is 25.4 Å². The molecule has 0 aliphatic carbocycles. The molecule has 7 nitrogen and oxygen atoms in total. The first-order valence-electron chi connectivity index (χ1n) is 6.21. The van der Waals surface area contributed by atoms with Crippen LogP contribution in [0.15, 0.2) is 18.2 Å². The van der Waals surface area contributed by atoms with E-state index in [-0.39, 0.29) is 30.7 Å². The normalized spacial score (nSPS) is 29.2. The van der Waals surface area contributed by atoms with Crippen LogP contribution in [0.2, 0.25) is 0 Å². The standard InChI is InChI=1S/C13H12N2O5/c16-9-3-1-2-7-6-15(20,13(19)11(7)9)8-4-5-10(17)14-12(8)18/h1-3,8,16H,4-6H2,(H,14,17,18). The van der Waals surface area contributed by atoms with Gasteiger partial charge in [-0.05, 0) is 6.07 Å². The molecule has 2 aliphatic rings. The summed E-state index contributed by atoms with van der Waals surface area (Å²) in [4.78, 5) is 35.2. The van der Waals surface area contributed by atoms with Crippen LogP contribution in [-0.4, -0.2) is 33.5 Å². The van der Waals surface area contributed by atoms with Gasteiger partial charge in [0, 0.05) is 18.4 Å². The Hall–Kier alpha value is -2.25. The molecule has 1 aromatic carbocycles. The summed E-state index contributed by atoms with van der Waals surface area (Å²) in [6, 6.07) is 3.31. The van der Waals surface area contributed by atoms with Gasteiger partial charge in [-0.3, -0.25) is 19.6 Å². The average molecular weight is 276 g/mol. The molecule has 0 aromatic heterocycles. The van der Waals surface area contributed by atoms with Gasteiger partial charge in [-0.2, -0.15) is 0 Å². The van der Waals surface area contributed by atoms with Gasteiger partial charge in [0.1, 0.15) is 17.9 Å². The second-order valence-corrected chi connectivity index (χ2v) is 5.04. The van der Waals surface area contributed by atoms with Gasteiger partial charge in [-0.15, -0.1) is 0 Å². The van der Waals surface area contributed by atoms with E-state index < -0.39 is 28.4 Å². The number of carbonyl (C=O) groups excluding carboxylic acids is 3. The van der Waals surface area contributed by atoms with Crippen LogP contribution in [0.3, 0.4) is 0 Å². The molecular weight excluding hydrogens is 264 g/mol. The highest BCUT2D eigenvalue weighted by Gasteiger charge is 2.50. The van der Waals surface area contributed by atoms with Gasteiger partial charge in [0.25, 0.3) is 5.91 Å². The van der Waals surface area contributed by atoms with Crippen molar-refractivity contribution in [2.24, 2.45) is 0 Å². The van der Waals surface area contributed by atoms with Crippen molar-refractivity contribution in [3.63, 3.8) is 0 Å². The van der Waals surface area contributed by atoms with Gasteiger partial charge < -0.3 is 10.3 Å². The van der Waals surface area contributed by atoms with Crippen molar-refractivity contribution in [1.82, 2.24) is 5.32 Å². The number of aromatic hydroxyl groups is 1. The van der Waals surface area contributed by atoms with Crippen molar-refractivity contribution >= 4 is 17.7 Å². The van der Waals surface area contributed by atoms with E-state index in [4.69, 9.17) is 0 Å². The minimum atomic E-state index is -1.37. The molecule has 3 amide bonds. The van der Waals surface area contributed by atoms with Crippen LogP contribution in [0.4, 0.5) is 0 Å². The summed E-state index contributed by atoms with van der Waals surface area (Å²) in [5.41, 5.74) is 0.405. The minimum absolute atomic E-state index is 0.0211. The number of quaternary nitrogens is 1. The first-order chi connectivity index (χ1) is 9.43. The molecule has 3 rings (SSSR count). The lowest BCUT2D eigenvalue weighted by molar-refractivity contribution is -0.825. The third-order valence-electron chi connectivity index (χ3n) is 3.81. The maximum absolute atomic E-state index is 12.8. The van der Waals surface area contributed by atoms with Gasteiger partial charge in [-0.25, -0.2) is 4.79 Å². The Bertz CT molecular complexity index is 642. The van der Waals surface area contributed by atoms with Crippen molar-refractivity contribution in [3.05, 3.63) is 34.5 Å². The SMILES string of the molecule is O=C1CCC([N+]2([O-])Cc3cccc(O)c3C2=O)C(=O)N1. The Morgan fingerprint density at radius 1 is 1.30 bits per heavy atom. The Morgan fingerprint density at radius 3 is 2.70 bits per heavy atom. The number of carbonyl (C=O) groups is 3. The van der Waals surface area contributed by atoms with E-state index in [0.717, 1.165) is 0 Å². The fourth-order valence-electron chi connectivity index (χ4n) is 2.81. The highest BCUT2D eigenvalue weighted by molar-refractivity contribution is 6.02. The van der Waals surface area contributed by atoms with Crippen LogP contribution in [0.1, 0.15) is 28.8 Å². The minimum Gasteiger partial charge on any atom is -0.624 e. The number of hydrogen-bond donors (Lipinski definition) is 2. The number of amides is 3. The Balaban J connectivity index is 2.00. The predicted octanol–water partition coefficient (Wildman–Crippen LogP) is 0.166. The number of imide groups is 1. The average Bonchev–Trinajstić information content (AvgIpc) is 2.63. The van der Waals surface area contributed by atoms with E-state index in [0.29, 0.717) is 5.56 Å². The summed E-state index contributed by atoms with van der Waals surface area (Å²) >= 11 is 0. The molecule has 1 fully saturated rings. The van der Waals surface area contributed by atoms with Gasteiger partial charge in [-0.1, -0.05) is 12.1 Å². The lowest BCUT2D eigenvalue weighted by atomic mass is 10.0. The molecular formula is C13H12N2O5. The van der Waals surface area contributed by atoms with Gasteiger partial charge >= 0.3 is 5.91 Å². The number of phenolic OH excluding ortho intramolecular Hbond substituents is 1. The summed E-state index contributed by atoms with van der Waals surface area (Å²) in [5.74, 6) is -2.25. The molecule has 104 valence electrons. The van der Waals surface area contributed by atoms with Crippen molar-refractivity contribution in [2.75, 3.05) is 0 Å². The topological polar surface area (TPSA) is 107 Å². The number of hydroxylamine groups is 3. The van der Waals surface area contributed by atoms with Crippen LogP contribution in [0.5, 0.6) is 5.75 Å². The van der Waals surface area contributed by atoms with E-state index in [1.54, 1.807) is 12.1 Å². The Morgan fingerprint density at radius 2 is 2.05 bits per heavy atom. The number of fused-ring (bicyclic) bond motifs is 1. The molecule has 2 N–H and O–H groups in total. The Kier molecular flexibility index (Phi) is 2.63. The Labute approximate surface area is 114 Å². The van der Waals surface area contributed by atoms with E-state index >= 15 is 0 Å². The molecule has 0 saturated carbocycles. The number of benzene rings is 1. The third-order valence-corrected chi connectivity index (χ3v) is 3.81. The second kappa shape index (κ2) is 4.12. The second-order valence-electron chi connectivity index (χ2n) is 5.04. The molecule has 1 saturated heterocycles. The van der Waals surface area contributed by atoms with Gasteiger partial charge in [0.2, 0.25) is 5.91 Å². The van der Waals surface area contributed by atoms with Crippen molar-refractivity contribution < 1.29 is 24.1 Å². The largest absolute Gasteiger partial charge is 0.624 e. The quantitative estimate of drug-likeness (QED) is 0.432. The van der Waals surface area contributed by atoms with Crippen LogP contribution >= 0.6 is 0 Å². The third kappa shape index (κ3) is 1.64. The van der Waals surface area contributed by atoms with Crippen LogP contribution < -0.4 is 5.32 Å². The maximum Gasteiger partial charge on any atom is 0.351 e. The number of nitrogens with zero attached hydrogens (tertiary/aromatic N) is 1. The molecule has 7 heteroatoms. The number of piperidine rings is 1. The summed E-state index contributed by atoms with van der Waals surface area (Å²) in [6.45, 7) is -0.200. The summed E-state index contributed by atoms with van der Waals surface area (Å²) in [5, 5.41) is 24.6. The van der Waals surface area contributed by atoms with Crippen LogP contribution in [0, 0.1) is 5.21 Å². The van der Waals surface area contributed by atoms with Crippen LogP contribution in [0.25, 0.3) is 0 Å². The lowest BCUT2D eigenvalue weighted by Gasteiger charge is -2.42. The monoisotopic (exact) mass is 276 g/mol. The maximum atomic E-state index is 12.8. The highest BCUT2D eigenvalue weighted by Crippen LogP contribution is 2.38. The number of hydrogen-bond acceptors (Lipinski definition) is 5. The summed E-state index contributed by atoms with van der Waals surface area (Å²) in [7, 11) is 0. The molecule has 20 heavy (non-hydrogen) atoms. The fourth-order valence-corrected chi connectivity index (χ4v) is 2.81. The highest BCUT2D eigenvalue weighted by atomic mass is 16.6. The number of rotatable bonds is 1. The zero-order valence-electron chi connectivity index (χ0n) is 10.5. The van der Waals surface area contributed by atoms with Gasteiger partial charge in [0.15, 0.2) is 6.04 Å². The summed E-state index contributed by atoms with van der Waals surface area (Å²) in [6.07, 6.45) is 0.0723. The van der Waals surface area contributed by atoms with Crippen molar-refractivity contribution in [3.8, 4) is 5.75 Å². The zero-order chi connectivity index (χ0) is 14.5. The van der Waals surface area contributed by atoms with Gasteiger partial charge in [0.05, 0.1) is 0 Å². The molecule has 1 aromatic rings. The van der Waals surface area contributed by atoms with Crippen LogP contribution in [-0.2, 0) is 16.1 Å².